The molecule has 0 atom stereocenters. The van der Waals surface area contributed by atoms with Gasteiger partial charge in [-0.05, 0) is 79.6 Å². The van der Waals surface area contributed by atoms with Gasteiger partial charge in [0.25, 0.3) is 0 Å². The Morgan fingerprint density at radius 3 is 2.18 bits per heavy atom. The lowest BCUT2D eigenvalue weighted by Crippen LogP contribution is -2.02. The molecule has 0 aliphatic carbocycles. The number of thioether (sulfide) groups is 1. The topological polar surface area (TPSA) is 35.5 Å². The van der Waals surface area contributed by atoms with E-state index in [1.807, 2.05) is 80.6 Å². The highest BCUT2D eigenvalue weighted by molar-refractivity contribution is 7.99. The summed E-state index contributed by atoms with van der Waals surface area (Å²) in [5, 5.41) is 0. The van der Waals surface area contributed by atoms with Crippen LogP contribution >= 0.6 is 11.8 Å². The van der Waals surface area contributed by atoms with Crippen molar-refractivity contribution in [2.45, 2.75) is 32.3 Å². The van der Waals surface area contributed by atoms with Crippen LogP contribution in [0.5, 0.6) is 5.75 Å². The molecular weight excluding hydrogens is 428 g/mol. The second-order valence-electron chi connectivity index (χ2n) is 7.30. The molecule has 3 rings (SSSR count). The van der Waals surface area contributed by atoms with Crippen molar-refractivity contribution in [2.24, 2.45) is 0 Å². The standard InChI is InChI=1S/C29H26O3S/c1-4-5-24-7-10-27(11-8-24)21-32-29-17-14-26(20-22(29)2)9-6-25-12-15-28(16-13-25)33-19-18-31-23(3)30/h7-8,10-17,20H,18-19,21H2,1-3H3. The summed E-state index contributed by atoms with van der Waals surface area (Å²) in [6.45, 7) is 6.21. The van der Waals surface area contributed by atoms with Crippen LogP contribution in [-0.4, -0.2) is 18.3 Å². The van der Waals surface area contributed by atoms with Gasteiger partial charge < -0.3 is 9.47 Å². The van der Waals surface area contributed by atoms with Crippen LogP contribution in [0.25, 0.3) is 0 Å². The first-order valence-electron chi connectivity index (χ1n) is 10.7. The molecule has 0 saturated heterocycles. The van der Waals surface area contributed by atoms with Crippen molar-refractivity contribution in [3.05, 3.63) is 94.5 Å². The van der Waals surface area contributed by atoms with Crippen LogP contribution in [0.2, 0.25) is 0 Å². The molecule has 0 heterocycles. The molecule has 0 aliphatic heterocycles. The minimum atomic E-state index is -0.246. The van der Waals surface area contributed by atoms with Gasteiger partial charge in [0.15, 0.2) is 0 Å². The molecule has 0 aromatic heterocycles. The van der Waals surface area contributed by atoms with Crippen LogP contribution in [0.4, 0.5) is 0 Å². The average molecular weight is 455 g/mol. The van der Waals surface area contributed by atoms with Crippen molar-refractivity contribution in [1.29, 1.82) is 0 Å². The maximum absolute atomic E-state index is 10.8. The van der Waals surface area contributed by atoms with Gasteiger partial charge >= 0.3 is 5.97 Å². The molecule has 0 N–H and O–H groups in total. The molecule has 3 nitrogen and oxygen atoms in total. The van der Waals surface area contributed by atoms with Crippen molar-refractivity contribution < 1.29 is 14.3 Å². The van der Waals surface area contributed by atoms with Crippen LogP contribution in [0.15, 0.2) is 71.6 Å². The molecule has 0 radical (unpaired) electrons. The number of esters is 1. The molecule has 0 fully saturated rings. The number of hydrogen-bond donors (Lipinski definition) is 0. The number of carbonyl (C=O) groups excluding carboxylic acids is 1. The minimum Gasteiger partial charge on any atom is -0.489 e. The van der Waals surface area contributed by atoms with Gasteiger partial charge in [0, 0.05) is 34.3 Å². The molecule has 0 saturated carbocycles. The molecule has 3 aromatic carbocycles. The summed E-state index contributed by atoms with van der Waals surface area (Å²) in [7, 11) is 0. The third-order valence-corrected chi connectivity index (χ3v) is 5.63. The first-order valence-corrected chi connectivity index (χ1v) is 11.7. The fourth-order valence-electron chi connectivity index (χ4n) is 3.00. The summed E-state index contributed by atoms with van der Waals surface area (Å²) < 4.78 is 10.9. The highest BCUT2D eigenvalue weighted by Gasteiger charge is 2.02. The molecule has 0 bridgehead atoms. The van der Waals surface area contributed by atoms with E-state index >= 15 is 0 Å². The quantitative estimate of drug-likeness (QED) is 0.190. The van der Waals surface area contributed by atoms with E-state index in [0.29, 0.717) is 13.2 Å². The summed E-state index contributed by atoms with van der Waals surface area (Å²) in [6, 6.07) is 22.2. The van der Waals surface area contributed by atoms with Crippen molar-refractivity contribution in [1.82, 2.24) is 0 Å². The molecule has 0 amide bonds. The second kappa shape index (κ2) is 12.4. The molecule has 33 heavy (non-hydrogen) atoms. The van der Waals surface area contributed by atoms with E-state index in [9.17, 15) is 4.79 Å². The molecule has 166 valence electrons. The van der Waals surface area contributed by atoms with Gasteiger partial charge in [-0.25, -0.2) is 0 Å². The molecule has 0 aliphatic rings. The fourth-order valence-corrected chi connectivity index (χ4v) is 3.73. The number of aryl methyl sites for hydroxylation is 1. The summed E-state index contributed by atoms with van der Waals surface area (Å²) in [6.07, 6.45) is 0. The average Bonchev–Trinajstić information content (AvgIpc) is 2.82. The van der Waals surface area contributed by atoms with Crippen LogP contribution in [0.1, 0.15) is 41.7 Å². The second-order valence-corrected chi connectivity index (χ2v) is 8.47. The molecule has 0 spiro atoms. The molecule has 3 aromatic rings. The van der Waals surface area contributed by atoms with Crippen LogP contribution in [0.3, 0.4) is 0 Å². The number of rotatable bonds is 7. The largest absolute Gasteiger partial charge is 0.489 e. The smallest absolute Gasteiger partial charge is 0.302 e. The van der Waals surface area contributed by atoms with Crippen molar-refractivity contribution >= 4 is 17.7 Å². The first kappa shape index (κ1) is 24.1. The predicted octanol–water partition coefficient (Wildman–Crippen LogP) is 6.00. The third kappa shape index (κ3) is 8.11. The number of hydrogen-bond acceptors (Lipinski definition) is 4. The lowest BCUT2D eigenvalue weighted by Gasteiger charge is -2.09. The summed E-state index contributed by atoms with van der Waals surface area (Å²) in [5.74, 6) is 13.7. The molecule has 4 heteroatoms. The van der Waals surface area contributed by atoms with Crippen molar-refractivity contribution in [3.63, 3.8) is 0 Å². The van der Waals surface area contributed by atoms with E-state index in [0.717, 1.165) is 44.2 Å². The van der Waals surface area contributed by atoms with Crippen LogP contribution in [-0.2, 0) is 16.1 Å². The Morgan fingerprint density at radius 1 is 0.879 bits per heavy atom. The lowest BCUT2D eigenvalue weighted by molar-refractivity contribution is -0.140. The number of benzene rings is 3. The lowest BCUT2D eigenvalue weighted by atomic mass is 10.1. The van der Waals surface area contributed by atoms with Gasteiger partial charge in [-0.1, -0.05) is 29.9 Å². The summed E-state index contributed by atoms with van der Waals surface area (Å²) in [4.78, 5) is 11.9. The van der Waals surface area contributed by atoms with Gasteiger partial charge in [-0.15, -0.1) is 17.7 Å². The van der Waals surface area contributed by atoms with Gasteiger partial charge in [-0.3, -0.25) is 4.79 Å². The Morgan fingerprint density at radius 2 is 1.52 bits per heavy atom. The first-order chi connectivity index (χ1) is 16.0. The zero-order valence-corrected chi connectivity index (χ0v) is 19.9. The van der Waals surface area contributed by atoms with E-state index in [4.69, 9.17) is 9.47 Å². The highest BCUT2D eigenvalue weighted by Crippen LogP contribution is 2.21. The third-order valence-electron chi connectivity index (χ3n) is 4.66. The minimum absolute atomic E-state index is 0.246. The Bertz CT molecular complexity index is 1200. The van der Waals surface area contributed by atoms with Gasteiger partial charge in [0.05, 0.1) is 0 Å². The van der Waals surface area contributed by atoms with E-state index in [1.54, 1.807) is 11.8 Å². The predicted molar refractivity (Wildman–Crippen MR) is 134 cm³/mol. The summed E-state index contributed by atoms with van der Waals surface area (Å²) in [5.41, 5.74) is 5.06. The van der Waals surface area contributed by atoms with E-state index in [2.05, 4.69) is 23.7 Å². The maximum Gasteiger partial charge on any atom is 0.302 e. The van der Waals surface area contributed by atoms with Crippen LogP contribution < -0.4 is 4.74 Å². The molecule has 0 unspecified atom stereocenters. The Hall–Kier alpha value is -3.60. The number of ether oxygens (including phenoxy) is 2. The van der Waals surface area contributed by atoms with Crippen molar-refractivity contribution in [2.75, 3.05) is 12.4 Å². The Kier molecular flexibility index (Phi) is 9.07. The monoisotopic (exact) mass is 454 g/mol. The summed E-state index contributed by atoms with van der Waals surface area (Å²) >= 11 is 1.65. The van der Waals surface area contributed by atoms with Gasteiger partial charge in [0.2, 0.25) is 0 Å². The zero-order valence-electron chi connectivity index (χ0n) is 19.1. The fraction of sp³-hybridized carbons (Fsp3) is 0.207. The van der Waals surface area contributed by atoms with Gasteiger partial charge in [0.1, 0.15) is 19.0 Å². The van der Waals surface area contributed by atoms with Gasteiger partial charge in [-0.2, -0.15) is 0 Å². The van der Waals surface area contributed by atoms with E-state index in [1.165, 1.54) is 6.92 Å². The van der Waals surface area contributed by atoms with Crippen LogP contribution in [0, 0.1) is 30.6 Å². The normalized spacial score (nSPS) is 9.79. The maximum atomic E-state index is 10.8. The Labute approximate surface area is 200 Å². The SMILES string of the molecule is CC#Cc1ccc(COc2ccc(C#Cc3ccc(SCCOC(C)=O)cc3)cc2C)cc1. The van der Waals surface area contributed by atoms with E-state index in [-0.39, 0.29) is 5.97 Å². The number of carbonyl (C=O) groups is 1. The zero-order chi connectivity index (χ0) is 23.5. The Balaban J connectivity index is 1.54. The molecular formula is C29H26O3S. The highest BCUT2D eigenvalue weighted by atomic mass is 32.2. The van der Waals surface area contributed by atoms with E-state index < -0.39 is 0 Å². The van der Waals surface area contributed by atoms with Crippen molar-refractivity contribution in [3.8, 4) is 29.4 Å².